The predicted octanol–water partition coefficient (Wildman–Crippen LogP) is 1.85. The minimum atomic E-state index is -0.694. The fraction of sp³-hybridized carbons (Fsp3) is 0.158. The van der Waals surface area contributed by atoms with E-state index >= 15 is 0 Å². The summed E-state index contributed by atoms with van der Waals surface area (Å²) in [5, 5.41) is 12.5. The fourth-order valence-corrected chi connectivity index (χ4v) is 2.86. The number of rotatable bonds is 4. The van der Waals surface area contributed by atoms with Crippen LogP contribution in [0.2, 0.25) is 0 Å². The largest absolute Gasteiger partial charge is 0.310 e. The van der Waals surface area contributed by atoms with Crippen molar-refractivity contribution in [2.45, 2.75) is 12.8 Å². The van der Waals surface area contributed by atoms with Gasteiger partial charge in [0.25, 0.3) is 11.5 Å². The highest BCUT2D eigenvalue weighted by atomic mass is 16.5. The van der Waals surface area contributed by atoms with Gasteiger partial charge in [-0.2, -0.15) is 0 Å². The Bertz CT molecular complexity index is 1120. The zero-order valence-corrected chi connectivity index (χ0v) is 14.2. The summed E-state index contributed by atoms with van der Waals surface area (Å²) in [6.45, 7) is 0. The van der Waals surface area contributed by atoms with Gasteiger partial charge in [0, 0.05) is 35.3 Å². The molecule has 1 fully saturated rings. The number of benzene rings is 1. The second-order valence-corrected chi connectivity index (χ2v) is 6.40. The summed E-state index contributed by atoms with van der Waals surface area (Å²) in [5.74, 6) is -0.328. The maximum Gasteiger partial charge on any atom is 0.274 e. The lowest BCUT2D eigenvalue weighted by atomic mass is 10.1. The first-order valence-electron chi connectivity index (χ1n) is 8.44. The normalized spacial score (nSPS) is 13.4. The molecule has 1 aliphatic carbocycles. The molecule has 1 aliphatic rings. The van der Waals surface area contributed by atoms with Crippen LogP contribution in [-0.4, -0.2) is 26.6 Å². The first kappa shape index (κ1) is 16.9. The van der Waals surface area contributed by atoms with Gasteiger partial charge >= 0.3 is 0 Å². The fourth-order valence-electron chi connectivity index (χ4n) is 2.86. The Hall–Kier alpha value is -3.52. The standard InChI is InChI=1S/C19H16N4O4/c24-17(12-2-3-12)21-16-10-14(5-7-20-16)23-8-6-11-1-4-13(18(25)22-27)9-15(11)19(23)26/h1,4-10,12,27H,2-3H2,(H,22,25)(H,20,21,24). The Labute approximate surface area is 153 Å². The van der Waals surface area contributed by atoms with Crippen molar-refractivity contribution in [2.24, 2.45) is 5.92 Å². The van der Waals surface area contributed by atoms with Crippen molar-refractivity contribution in [2.75, 3.05) is 5.32 Å². The molecule has 3 aromatic rings. The molecule has 1 saturated carbocycles. The summed E-state index contributed by atoms with van der Waals surface area (Å²) >= 11 is 0. The SMILES string of the molecule is O=C(NO)c1ccc2ccn(-c3ccnc(NC(=O)C4CC4)c3)c(=O)c2c1. The molecule has 8 heteroatoms. The number of fused-ring (bicyclic) bond motifs is 1. The number of nitrogens with zero attached hydrogens (tertiary/aromatic N) is 2. The van der Waals surface area contributed by atoms with Gasteiger partial charge < -0.3 is 5.32 Å². The number of hydroxylamine groups is 1. The maximum absolute atomic E-state index is 12.9. The molecule has 2 amide bonds. The smallest absolute Gasteiger partial charge is 0.274 e. The van der Waals surface area contributed by atoms with Crippen molar-refractivity contribution in [3.63, 3.8) is 0 Å². The second kappa shape index (κ2) is 6.65. The summed E-state index contributed by atoms with van der Waals surface area (Å²) in [4.78, 5) is 40.6. The molecule has 0 atom stereocenters. The van der Waals surface area contributed by atoms with Crippen molar-refractivity contribution in [3.8, 4) is 5.69 Å². The van der Waals surface area contributed by atoms with Gasteiger partial charge in [-0.3, -0.25) is 24.2 Å². The summed E-state index contributed by atoms with van der Waals surface area (Å²) in [6, 6.07) is 9.62. The first-order chi connectivity index (χ1) is 13.1. The van der Waals surface area contributed by atoms with Gasteiger partial charge in [0.05, 0.1) is 5.69 Å². The number of anilines is 1. The van der Waals surface area contributed by atoms with Gasteiger partial charge in [-0.25, -0.2) is 10.5 Å². The van der Waals surface area contributed by atoms with Crippen LogP contribution in [0.3, 0.4) is 0 Å². The zero-order valence-electron chi connectivity index (χ0n) is 14.2. The molecule has 0 aliphatic heterocycles. The molecule has 4 rings (SSSR count). The molecule has 0 spiro atoms. The van der Waals surface area contributed by atoms with Crippen LogP contribution in [-0.2, 0) is 4.79 Å². The number of hydrogen-bond acceptors (Lipinski definition) is 5. The quantitative estimate of drug-likeness (QED) is 0.483. The number of amides is 2. The summed E-state index contributed by atoms with van der Waals surface area (Å²) in [5.41, 5.74) is 1.94. The molecule has 0 saturated heterocycles. The molecule has 136 valence electrons. The van der Waals surface area contributed by atoms with E-state index in [-0.39, 0.29) is 22.9 Å². The third-order valence-electron chi connectivity index (χ3n) is 4.49. The van der Waals surface area contributed by atoms with Crippen molar-refractivity contribution in [1.29, 1.82) is 0 Å². The van der Waals surface area contributed by atoms with E-state index in [4.69, 9.17) is 5.21 Å². The Balaban J connectivity index is 1.74. The highest BCUT2D eigenvalue weighted by Crippen LogP contribution is 2.30. The second-order valence-electron chi connectivity index (χ2n) is 6.40. The number of nitrogens with one attached hydrogen (secondary N) is 2. The molecule has 2 heterocycles. The molecule has 0 unspecified atom stereocenters. The van der Waals surface area contributed by atoms with Crippen molar-refractivity contribution < 1.29 is 14.8 Å². The lowest BCUT2D eigenvalue weighted by molar-refractivity contribution is -0.117. The van der Waals surface area contributed by atoms with Crippen LogP contribution < -0.4 is 16.4 Å². The average molecular weight is 364 g/mol. The van der Waals surface area contributed by atoms with Crippen molar-refractivity contribution in [3.05, 3.63) is 64.7 Å². The maximum atomic E-state index is 12.9. The zero-order chi connectivity index (χ0) is 19.0. The topological polar surface area (TPSA) is 113 Å². The van der Waals surface area contributed by atoms with Crippen LogP contribution in [0.1, 0.15) is 23.2 Å². The summed E-state index contributed by atoms with van der Waals surface area (Å²) < 4.78 is 1.41. The van der Waals surface area contributed by atoms with Crippen LogP contribution in [0.5, 0.6) is 0 Å². The van der Waals surface area contributed by atoms with Gasteiger partial charge in [-0.05, 0) is 42.5 Å². The highest BCUT2D eigenvalue weighted by Gasteiger charge is 2.29. The van der Waals surface area contributed by atoms with E-state index in [1.54, 1.807) is 35.9 Å². The molecule has 1 aromatic carbocycles. The van der Waals surface area contributed by atoms with Crippen LogP contribution in [0, 0.1) is 5.92 Å². The molecule has 3 N–H and O–H groups in total. The summed E-state index contributed by atoms with van der Waals surface area (Å²) in [6.07, 6.45) is 4.92. The predicted molar refractivity (Wildman–Crippen MR) is 97.9 cm³/mol. The summed E-state index contributed by atoms with van der Waals surface area (Å²) in [7, 11) is 0. The van der Waals surface area contributed by atoms with Crippen LogP contribution in [0.25, 0.3) is 16.5 Å². The number of carbonyl (C=O) groups excluding carboxylic acids is 2. The number of pyridine rings is 2. The van der Waals surface area contributed by atoms with E-state index in [9.17, 15) is 14.4 Å². The first-order valence-corrected chi connectivity index (χ1v) is 8.44. The van der Waals surface area contributed by atoms with E-state index in [2.05, 4.69) is 10.3 Å². The number of aromatic nitrogens is 2. The molecule has 8 nitrogen and oxygen atoms in total. The Morgan fingerprint density at radius 3 is 2.70 bits per heavy atom. The van der Waals surface area contributed by atoms with Crippen molar-refractivity contribution in [1.82, 2.24) is 15.0 Å². The van der Waals surface area contributed by atoms with Crippen LogP contribution in [0.4, 0.5) is 5.82 Å². The third-order valence-corrected chi connectivity index (χ3v) is 4.49. The molecular formula is C19H16N4O4. The van der Waals surface area contributed by atoms with Crippen molar-refractivity contribution >= 4 is 28.4 Å². The van der Waals surface area contributed by atoms with Gasteiger partial charge in [0.1, 0.15) is 5.82 Å². The Kier molecular flexibility index (Phi) is 4.17. The monoisotopic (exact) mass is 364 g/mol. The number of hydrogen-bond donors (Lipinski definition) is 3. The van der Waals surface area contributed by atoms with Crippen LogP contribution >= 0.6 is 0 Å². The highest BCUT2D eigenvalue weighted by molar-refractivity contribution is 5.97. The Morgan fingerprint density at radius 1 is 1.15 bits per heavy atom. The molecule has 0 radical (unpaired) electrons. The minimum Gasteiger partial charge on any atom is -0.310 e. The molecule has 2 aromatic heterocycles. The van der Waals surface area contributed by atoms with Gasteiger partial charge in [-0.1, -0.05) is 6.07 Å². The molecule has 0 bridgehead atoms. The van der Waals surface area contributed by atoms with E-state index in [0.29, 0.717) is 22.3 Å². The van der Waals surface area contributed by atoms with Gasteiger partial charge in [0.2, 0.25) is 5.91 Å². The molecular weight excluding hydrogens is 348 g/mol. The molecule has 27 heavy (non-hydrogen) atoms. The van der Waals surface area contributed by atoms with Gasteiger partial charge in [-0.15, -0.1) is 0 Å². The minimum absolute atomic E-state index is 0.0509. The lowest BCUT2D eigenvalue weighted by Gasteiger charge is -2.10. The third kappa shape index (κ3) is 3.30. The van der Waals surface area contributed by atoms with E-state index in [1.165, 1.54) is 22.9 Å². The average Bonchev–Trinajstić information content (AvgIpc) is 3.53. The van der Waals surface area contributed by atoms with Gasteiger partial charge in [0.15, 0.2) is 0 Å². The van der Waals surface area contributed by atoms with E-state index in [1.807, 2.05) is 0 Å². The lowest BCUT2D eigenvalue weighted by Crippen LogP contribution is -2.21. The Morgan fingerprint density at radius 2 is 1.96 bits per heavy atom. The van der Waals surface area contributed by atoms with Crippen LogP contribution in [0.15, 0.2) is 53.6 Å². The van der Waals surface area contributed by atoms with E-state index in [0.717, 1.165) is 12.8 Å². The van der Waals surface area contributed by atoms with E-state index < -0.39 is 5.91 Å². The number of carbonyl (C=O) groups is 2.